The molecule has 0 atom stereocenters. The van der Waals surface area contributed by atoms with Crippen molar-refractivity contribution in [2.75, 3.05) is 26.7 Å². The average Bonchev–Trinajstić information content (AvgIpc) is 3.19. The van der Waals surface area contributed by atoms with E-state index in [1.54, 1.807) is 11.3 Å². The highest BCUT2D eigenvalue weighted by atomic mass is 35.5. The zero-order valence-electron chi connectivity index (χ0n) is 14.5. The van der Waals surface area contributed by atoms with Crippen LogP contribution in [0.5, 0.6) is 0 Å². The lowest BCUT2D eigenvalue weighted by atomic mass is 9.96. The minimum absolute atomic E-state index is 0. The van der Waals surface area contributed by atoms with Crippen LogP contribution in [0.3, 0.4) is 0 Å². The molecule has 1 fully saturated rings. The number of aromatic nitrogens is 1. The monoisotopic (exact) mass is 405 g/mol. The van der Waals surface area contributed by atoms with Crippen LogP contribution in [0.15, 0.2) is 21.2 Å². The molecular formula is C17H25Cl2N3O2S. The first-order valence-electron chi connectivity index (χ1n) is 8.08. The molecule has 25 heavy (non-hydrogen) atoms. The summed E-state index contributed by atoms with van der Waals surface area (Å²) in [7, 11) is 1.98. The van der Waals surface area contributed by atoms with E-state index in [1.807, 2.05) is 35.7 Å². The summed E-state index contributed by atoms with van der Waals surface area (Å²) in [6, 6.07) is 1.98. The number of nitrogens with one attached hydrogen (secondary N) is 1. The predicted molar refractivity (Wildman–Crippen MR) is 106 cm³/mol. The standard InChI is InChI=1S/C17H23N3O2S.2ClH/c1-12-15(19-17(22-12)14-5-8-23-11-14)9-16(21)20-6-3-13(4-7-20)10-18-2;;/h5,8,11,13,18H,3-4,6-7,9-10H2,1-2H3;2*1H. The van der Waals surface area contributed by atoms with E-state index in [9.17, 15) is 4.79 Å². The second-order valence-corrected chi connectivity index (χ2v) is 6.87. The predicted octanol–water partition coefficient (Wildman–Crippen LogP) is 3.56. The molecule has 0 bridgehead atoms. The fraction of sp³-hybridized carbons (Fsp3) is 0.529. The quantitative estimate of drug-likeness (QED) is 0.825. The number of oxazole rings is 1. The molecular weight excluding hydrogens is 381 g/mol. The molecule has 3 heterocycles. The van der Waals surface area contributed by atoms with Crippen LogP contribution in [0.4, 0.5) is 0 Å². The number of hydrogen-bond donors (Lipinski definition) is 1. The molecule has 0 saturated carbocycles. The van der Waals surface area contributed by atoms with E-state index in [4.69, 9.17) is 4.42 Å². The number of likely N-dealkylation sites (tertiary alicyclic amines) is 1. The number of nitrogens with zero attached hydrogens (tertiary/aromatic N) is 2. The van der Waals surface area contributed by atoms with E-state index in [2.05, 4.69) is 10.3 Å². The molecule has 3 rings (SSSR count). The maximum Gasteiger partial charge on any atom is 0.228 e. The van der Waals surface area contributed by atoms with Gasteiger partial charge in [0.2, 0.25) is 11.8 Å². The van der Waals surface area contributed by atoms with Gasteiger partial charge in [-0.15, -0.1) is 24.8 Å². The van der Waals surface area contributed by atoms with Crippen LogP contribution in [0.2, 0.25) is 0 Å². The number of carbonyl (C=O) groups excluding carboxylic acids is 1. The van der Waals surface area contributed by atoms with E-state index in [0.29, 0.717) is 18.2 Å². The number of amides is 1. The Morgan fingerprint density at radius 3 is 2.72 bits per heavy atom. The van der Waals surface area contributed by atoms with Crippen molar-refractivity contribution < 1.29 is 9.21 Å². The van der Waals surface area contributed by atoms with Gasteiger partial charge in [-0.25, -0.2) is 4.98 Å². The summed E-state index contributed by atoms with van der Waals surface area (Å²) in [5.41, 5.74) is 1.73. The molecule has 1 amide bonds. The second kappa shape index (κ2) is 10.2. The summed E-state index contributed by atoms with van der Waals surface area (Å²) in [6.07, 6.45) is 2.48. The van der Waals surface area contributed by atoms with Gasteiger partial charge in [0.1, 0.15) is 5.76 Å². The number of hydrogen-bond acceptors (Lipinski definition) is 5. The van der Waals surface area contributed by atoms with E-state index in [1.165, 1.54) is 0 Å². The van der Waals surface area contributed by atoms with Gasteiger partial charge in [0.25, 0.3) is 0 Å². The van der Waals surface area contributed by atoms with Crippen molar-refractivity contribution in [1.29, 1.82) is 0 Å². The Morgan fingerprint density at radius 1 is 1.40 bits per heavy atom. The molecule has 0 aromatic carbocycles. The number of carbonyl (C=O) groups is 1. The van der Waals surface area contributed by atoms with Crippen molar-refractivity contribution in [3.8, 4) is 11.5 Å². The lowest BCUT2D eigenvalue weighted by molar-refractivity contribution is -0.131. The van der Waals surface area contributed by atoms with Crippen molar-refractivity contribution in [1.82, 2.24) is 15.2 Å². The van der Waals surface area contributed by atoms with E-state index >= 15 is 0 Å². The molecule has 2 aromatic rings. The van der Waals surface area contributed by atoms with E-state index in [-0.39, 0.29) is 30.7 Å². The van der Waals surface area contributed by atoms with Crippen molar-refractivity contribution in [3.63, 3.8) is 0 Å². The maximum atomic E-state index is 12.5. The Kier molecular flexibility index (Phi) is 8.93. The van der Waals surface area contributed by atoms with Gasteiger partial charge in [0.15, 0.2) is 0 Å². The van der Waals surface area contributed by atoms with Gasteiger partial charge in [-0.1, -0.05) is 0 Å². The number of thiophene rings is 1. The summed E-state index contributed by atoms with van der Waals surface area (Å²) >= 11 is 1.61. The largest absolute Gasteiger partial charge is 0.441 e. The van der Waals surface area contributed by atoms with Crippen LogP contribution in [-0.2, 0) is 11.2 Å². The molecule has 1 N–H and O–H groups in total. The lowest BCUT2D eigenvalue weighted by Crippen LogP contribution is -2.41. The van der Waals surface area contributed by atoms with Gasteiger partial charge in [0, 0.05) is 24.0 Å². The average molecular weight is 406 g/mol. The molecule has 1 aliphatic heterocycles. The number of piperidine rings is 1. The van der Waals surface area contributed by atoms with Gasteiger partial charge < -0.3 is 14.6 Å². The smallest absolute Gasteiger partial charge is 0.228 e. The summed E-state index contributed by atoms with van der Waals surface area (Å²) in [6.45, 7) is 4.61. The minimum Gasteiger partial charge on any atom is -0.441 e. The molecule has 0 unspecified atom stereocenters. The Balaban J connectivity index is 0.00000156. The van der Waals surface area contributed by atoms with Crippen LogP contribution < -0.4 is 5.32 Å². The molecule has 8 heteroatoms. The lowest BCUT2D eigenvalue weighted by Gasteiger charge is -2.31. The Hall–Kier alpha value is -1.08. The second-order valence-electron chi connectivity index (χ2n) is 6.09. The molecule has 5 nitrogen and oxygen atoms in total. The Bertz CT molecular complexity index is 653. The third-order valence-electron chi connectivity index (χ3n) is 4.44. The third kappa shape index (κ3) is 5.45. The Labute approximate surface area is 165 Å². The molecule has 2 aromatic heterocycles. The molecule has 140 valence electrons. The van der Waals surface area contributed by atoms with Crippen molar-refractivity contribution >= 4 is 42.1 Å². The number of halogens is 2. The molecule has 1 saturated heterocycles. The number of rotatable bonds is 5. The number of aryl methyl sites for hydroxylation is 1. The highest BCUT2D eigenvalue weighted by Crippen LogP contribution is 2.24. The first-order valence-corrected chi connectivity index (χ1v) is 9.03. The Morgan fingerprint density at radius 2 is 2.12 bits per heavy atom. The highest BCUT2D eigenvalue weighted by molar-refractivity contribution is 7.08. The van der Waals surface area contributed by atoms with Crippen molar-refractivity contribution in [2.24, 2.45) is 5.92 Å². The summed E-state index contributed by atoms with van der Waals surface area (Å²) < 4.78 is 5.71. The van der Waals surface area contributed by atoms with Crippen LogP contribution in [0.1, 0.15) is 24.3 Å². The van der Waals surface area contributed by atoms with Crippen molar-refractivity contribution in [3.05, 3.63) is 28.3 Å². The zero-order chi connectivity index (χ0) is 16.2. The third-order valence-corrected chi connectivity index (χ3v) is 5.12. The highest BCUT2D eigenvalue weighted by Gasteiger charge is 2.24. The van der Waals surface area contributed by atoms with Crippen LogP contribution in [0, 0.1) is 12.8 Å². The van der Waals surface area contributed by atoms with Gasteiger partial charge in [-0.3, -0.25) is 4.79 Å². The molecule has 0 spiro atoms. The van der Waals surface area contributed by atoms with Gasteiger partial charge in [-0.05, 0) is 50.7 Å². The summed E-state index contributed by atoms with van der Waals surface area (Å²) in [4.78, 5) is 19.0. The zero-order valence-corrected chi connectivity index (χ0v) is 16.9. The van der Waals surface area contributed by atoms with Gasteiger partial charge in [0.05, 0.1) is 12.1 Å². The summed E-state index contributed by atoms with van der Waals surface area (Å²) in [5.74, 6) is 2.19. The fourth-order valence-electron chi connectivity index (χ4n) is 3.03. The normalized spacial score (nSPS) is 14.7. The minimum atomic E-state index is 0. The van der Waals surface area contributed by atoms with E-state index in [0.717, 1.165) is 49.5 Å². The van der Waals surface area contributed by atoms with Gasteiger partial charge >= 0.3 is 0 Å². The first-order chi connectivity index (χ1) is 11.2. The maximum absolute atomic E-state index is 12.5. The van der Waals surface area contributed by atoms with Crippen LogP contribution in [-0.4, -0.2) is 42.5 Å². The first kappa shape index (κ1) is 22.0. The fourth-order valence-corrected chi connectivity index (χ4v) is 3.66. The molecule has 0 aliphatic carbocycles. The van der Waals surface area contributed by atoms with E-state index < -0.39 is 0 Å². The molecule has 0 radical (unpaired) electrons. The topological polar surface area (TPSA) is 58.4 Å². The van der Waals surface area contributed by atoms with Crippen LogP contribution >= 0.6 is 36.2 Å². The van der Waals surface area contributed by atoms with Gasteiger partial charge in [-0.2, -0.15) is 11.3 Å². The van der Waals surface area contributed by atoms with Crippen molar-refractivity contribution in [2.45, 2.75) is 26.2 Å². The SMILES string of the molecule is CNCC1CCN(C(=O)Cc2nc(-c3ccsc3)oc2C)CC1.Cl.Cl. The molecule has 1 aliphatic rings. The van der Waals surface area contributed by atoms with Crippen LogP contribution in [0.25, 0.3) is 11.5 Å². The summed E-state index contributed by atoms with van der Waals surface area (Å²) in [5, 5.41) is 7.22.